The lowest BCUT2D eigenvalue weighted by Gasteiger charge is -2.38. The van der Waals surface area contributed by atoms with Gasteiger partial charge in [0.25, 0.3) is 5.91 Å². The van der Waals surface area contributed by atoms with Gasteiger partial charge < -0.3 is 20.2 Å². The molecule has 0 saturated carbocycles. The molecule has 7 nitrogen and oxygen atoms in total. The van der Waals surface area contributed by atoms with Crippen LogP contribution in [0, 0.1) is 0 Å². The van der Waals surface area contributed by atoms with Gasteiger partial charge in [-0.2, -0.15) is 0 Å². The molecule has 1 fully saturated rings. The Morgan fingerprint density at radius 2 is 2.00 bits per heavy atom. The standard InChI is InChI=1S/C24H25ClN4O3/c1-15-14-28(8-9-29(15)24(31)32)23(30)18-6-7-19-20(25)12-21(27-22(19)11-18)17-5-3-4-16(10-17)13-26-2/h3-7,10-12,15,26H,8-9,13-14H2,1-2H3,(H,31,32)/t15-/m1/s1. The third kappa shape index (κ3) is 4.40. The summed E-state index contributed by atoms with van der Waals surface area (Å²) in [6, 6.07) is 15.0. The van der Waals surface area contributed by atoms with Crippen LogP contribution in [0.1, 0.15) is 22.8 Å². The highest BCUT2D eigenvalue weighted by Crippen LogP contribution is 2.29. The Balaban J connectivity index is 1.64. The average Bonchev–Trinajstić information content (AvgIpc) is 2.78. The molecule has 2 aromatic carbocycles. The first kappa shape index (κ1) is 22.0. The molecule has 0 bridgehead atoms. The molecule has 2 N–H and O–H groups in total. The lowest BCUT2D eigenvalue weighted by molar-refractivity contribution is 0.0507. The van der Waals surface area contributed by atoms with Crippen molar-refractivity contribution >= 4 is 34.5 Å². The highest BCUT2D eigenvalue weighted by molar-refractivity contribution is 6.35. The van der Waals surface area contributed by atoms with Crippen molar-refractivity contribution in [2.24, 2.45) is 0 Å². The summed E-state index contributed by atoms with van der Waals surface area (Å²) in [5.41, 5.74) is 4.00. The van der Waals surface area contributed by atoms with Gasteiger partial charge in [0, 0.05) is 48.7 Å². The van der Waals surface area contributed by atoms with Crippen LogP contribution in [0.25, 0.3) is 22.2 Å². The molecule has 2 amide bonds. The third-order valence-electron chi connectivity index (χ3n) is 5.77. The zero-order valence-corrected chi connectivity index (χ0v) is 18.8. The number of carbonyl (C=O) groups is 2. The Labute approximate surface area is 191 Å². The number of carbonyl (C=O) groups excluding carboxylic acids is 1. The van der Waals surface area contributed by atoms with Crippen LogP contribution in [-0.4, -0.2) is 64.6 Å². The molecule has 0 spiro atoms. The minimum atomic E-state index is -0.958. The van der Waals surface area contributed by atoms with E-state index in [1.807, 2.05) is 44.3 Å². The predicted molar refractivity (Wildman–Crippen MR) is 125 cm³/mol. The number of aromatic nitrogens is 1. The van der Waals surface area contributed by atoms with Crippen LogP contribution in [0.15, 0.2) is 48.5 Å². The number of rotatable bonds is 4. The molecule has 1 atom stereocenters. The first-order chi connectivity index (χ1) is 15.4. The Bertz CT molecular complexity index is 1180. The van der Waals surface area contributed by atoms with Crippen LogP contribution in [-0.2, 0) is 6.54 Å². The minimum absolute atomic E-state index is 0.136. The SMILES string of the molecule is CNCc1cccc(-c2cc(Cl)c3ccc(C(=O)N4CCN(C(=O)O)[C@H](C)C4)cc3n2)c1. The van der Waals surface area contributed by atoms with Crippen molar-refractivity contribution < 1.29 is 14.7 Å². The molecule has 1 aliphatic heterocycles. The van der Waals surface area contributed by atoms with Crippen molar-refractivity contribution in [2.75, 3.05) is 26.7 Å². The first-order valence-corrected chi connectivity index (χ1v) is 10.9. The number of amides is 2. The smallest absolute Gasteiger partial charge is 0.407 e. The molecule has 1 saturated heterocycles. The molecule has 166 valence electrons. The second-order valence-electron chi connectivity index (χ2n) is 8.03. The summed E-state index contributed by atoms with van der Waals surface area (Å²) in [5, 5.41) is 13.8. The molecule has 0 aliphatic carbocycles. The fourth-order valence-electron chi connectivity index (χ4n) is 4.12. The number of nitrogens with zero attached hydrogens (tertiary/aromatic N) is 3. The molecule has 0 unspecified atom stereocenters. The van der Waals surface area contributed by atoms with Crippen molar-refractivity contribution in [3.63, 3.8) is 0 Å². The van der Waals surface area contributed by atoms with E-state index in [1.54, 1.807) is 17.0 Å². The van der Waals surface area contributed by atoms with Gasteiger partial charge in [-0.05, 0) is 43.8 Å². The minimum Gasteiger partial charge on any atom is -0.465 e. The van der Waals surface area contributed by atoms with E-state index in [4.69, 9.17) is 16.6 Å². The second kappa shape index (κ2) is 9.14. The maximum Gasteiger partial charge on any atom is 0.407 e. The van der Waals surface area contributed by atoms with Gasteiger partial charge in [0.05, 0.1) is 16.2 Å². The van der Waals surface area contributed by atoms with Gasteiger partial charge in [-0.1, -0.05) is 35.9 Å². The Morgan fingerprint density at radius 1 is 1.19 bits per heavy atom. The predicted octanol–water partition coefficient (Wildman–Crippen LogP) is 4.10. The summed E-state index contributed by atoms with van der Waals surface area (Å²) in [5.74, 6) is -0.136. The van der Waals surface area contributed by atoms with E-state index in [1.165, 1.54) is 4.90 Å². The van der Waals surface area contributed by atoms with Gasteiger partial charge >= 0.3 is 6.09 Å². The van der Waals surface area contributed by atoms with Gasteiger partial charge in [-0.15, -0.1) is 0 Å². The van der Waals surface area contributed by atoms with Gasteiger partial charge in [0.1, 0.15) is 0 Å². The largest absolute Gasteiger partial charge is 0.465 e. The quantitative estimate of drug-likeness (QED) is 0.622. The van der Waals surface area contributed by atoms with Crippen LogP contribution >= 0.6 is 11.6 Å². The summed E-state index contributed by atoms with van der Waals surface area (Å²) in [6.07, 6.45) is -0.958. The number of benzene rings is 2. The molecule has 2 heterocycles. The second-order valence-corrected chi connectivity index (χ2v) is 8.44. The third-order valence-corrected chi connectivity index (χ3v) is 6.08. The van der Waals surface area contributed by atoms with Gasteiger partial charge in [0.2, 0.25) is 0 Å². The van der Waals surface area contributed by atoms with Gasteiger partial charge in [0.15, 0.2) is 0 Å². The number of hydrogen-bond donors (Lipinski definition) is 2. The van der Waals surface area contributed by atoms with Crippen LogP contribution < -0.4 is 5.32 Å². The van der Waals surface area contributed by atoms with E-state index >= 15 is 0 Å². The van der Waals surface area contributed by atoms with E-state index in [0.717, 1.165) is 28.8 Å². The summed E-state index contributed by atoms with van der Waals surface area (Å²) in [6.45, 7) is 3.58. The summed E-state index contributed by atoms with van der Waals surface area (Å²) in [7, 11) is 1.90. The molecular weight excluding hydrogens is 428 g/mol. The van der Waals surface area contributed by atoms with Crippen LogP contribution in [0.4, 0.5) is 4.79 Å². The van der Waals surface area contributed by atoms with E-state index in [9.17, 15) is 14.7 Å². The normalized spacial score (nSPS) is 16.4. The lowest BCUT2D eigenvalue weighted by Crippen LogP contribution is -2.55. The Morgan fingerprint density at radius 3 is 2.72 bits per heavy atom. The Kier molecular flexibility index (Phi) is 6.30. The van der Waals surface area contributed by atoms with Crippen LogP contribution in [0.3, 0.4) is 0 Å². The van der Waals surface area contributed by atoms with E-state index in [2.05, 4.69) is 11.4 Å². The zero-order chi connectivity index (χ0) is 22.8. The number of carboxylic acid groups (broad SMARTS) is 1. The highest BCUT2D eigenvalue weighted by atomic mass is 35.5. The molecule has 8 heteroatoms. The number of hydrogen-bond acceptors (Lipinski definition) is 4. The molecule has 4 rings (SSSR count). The number of piperazine rings is 1. The van der Waals surface area contributed by atoms with Gasteiger partial charge in [-0.3, -0.25) is 4.79 Å². The number of fused-ring (bicyclic) bond motifs is 1. The van der Waals surface area contributed by atoms with E-state index in [0.29, 0.717) is 35.7 Å². The topological polar surface area (TPSA) is 85.8 Å². The van der Waals surface area contributed by atoms with Crippen LogP contribution in [0.2, 0.25) is 5.02 Å². The summed E-state index contributed by atoms with van der Waals surface area (Å²) in [4.78, 5) is 32.2. The van der Waals surface area contributed by atoms with Crippen molar-refractivity contribution in [2.45, 2.75) is 19.5 Å². The molecule has 32 heavy (non-hydrogen) atoms. The highest BCUT2D eigenvalue weighted by Gasteiger charge is 2.30. The van der Waals surface area contributed by atoms with E-state index < -0.39 is 6.09 Å². The molecule has 0 radical (unpaired) electrons. The first-order valence-electron chi connectivity index (χ1n) is 10.5. The maximum absolute atomic E-state index is 13.1. The van der Waals surface area contributed by atoms with Crippen molar-refractivity contribution in [1.82, 2.24) is 20.1 Å². The number of nitrogens with one attached hydrogen (secondary N) is 1. The number of pyridine rings is 1. The number of halogens is 1. The lowest BCUT2D eigenvalue weighted by atomic mass is 10.0. The Hall–Kier alpha value is -3.16. The summed E-state index contributed by atoms with van der Waals surface area (Å²) < 4.78 is 0. The zero-order valence-electron chi connectivity index (χ0n) is 18.0. The average molecular weight is 453 g/mol. The fourth-order valence-corrected chi connectivity index (χ4v) is 4.38. The van der Waals surface area contributed by atoms with Gasteiger partial charge in [-0.25, -0.2) is 9.78 Å². The van der Waals surface area contributed by atoms with Crippen molar-refractivity contribution in [1.29, 1.82) is 0 Å². The fraction of sp³-hybridized carbons (Fsp3) is 0.292. The van der Waals surface area contributed by atoms with Crippen molar-refractivity contribution in [3.8, 4) is 11.3 Å². The molecule has 1 aromatic heterocycles. The van der Waals surface area contributed by atoms with E-state index in [-0.39, 0.29) is 11.9 Å². The monoisotopic (exact) mass is 452 g/mol. The maximum atomic E-state index is 13.1. The molecule has 3 aromatic rings. The molecule has 1 aliphatic rings. The van der Waals surface area contributed by atoms with Crippen molar-refractivity contribution in [3.05, 3.63) is 64.7 Å². The van der Waals surface area contributed by atoms with Crippen LogP contribution in [0.5, 0.6) is 0 Å². The summed E-state index contributed by atoms with van der Waals surface area (Å²) >= 11 is 6.55. The molecular formula is C24H25ClN4O3.